The summed E-state index contributed by atoms with van der Waals surface area (Å²) in [5, 5.41) is 7.47. The Balaban J connectivity index is 1.51. The first-order valence-corrected chi connectivity index (χ1v) is 10.1. The molecule has 0 aliphatic heterocycles. The number of halogens is 1. The number of pyridine rings is 2. The van der Waals surface area contributed by atoms with Crippen LogP contribution in [0.25, 0.3) is 11.0 Å². The van der Waals surface area contributed by atoms with Crippen LogP contribution >= 0.6 is 11.6 Å². The lowest BCUT2D eigenvalue weighted by molar-refractivity contribution is 0.0963. The van der Waals surface area contributed by atoms with Gasteiger partial charge in [0.15, 0.2) is 5.65 Å². The van der Waals surface area contributed by atoms with Gasteiger partial charge < -0.3 is 15.4 Å². The molecule has 0 aliphatic carbocycles. The van der Waals surface area contributed by atoms with E-state index in [-0.39, 0.29) is 5.91 Å². The minimum atomic E-state index is -0.118. The van der Waals surface area contributed by atoms with Gasteiger partial charge in [-0.2, -0.15) is 0 Å². The van der Waals surface area contributed by atoms with Gasteiger partial charge >= 0.3 is 0 Å². The Morgan fingerprint density at radius 2 is 1.87 bits per heavy atom. The predicted octanol–water partition coefficient (Wildman–Crippen LogP) is 5.27. The van der Waals surface area contributed by atoms with Crippen LogP contribution in [0.3, 0.4) is 0 Å². The fraction of sp³-hybridized carbons (Fsp3) is 0.125. The first kappa shape index (κ1) is 20.6. The summed E-state index contributed by atoms with van der Waals surface area (Å²) in [5.74, 6) is 0.518. The van der Waals surface area contributed by atoms with Gasteiger partial charge in [-0.05, 0) is 55.0 Å². The number of aryl methyl sites for hydroxylation is 1. The number of benzene rings is 2. The van der Waals surface area contributed by atoms with Crippen LogP contribution in [0.5, 0.6) is 5.75 Å². The van der Waals surface area contributed by atoms with E-state index in [4.69, 9.17) is 16.3 Å². The third-order valence-corrected chi connectivity index (χ3v) is 4.96. The number of rotatable bonds is 6. The summed E-state index contributed by atoms with van der Waals surface area (Å²) in [5.41, 5.74) is 4.84. The molecule has 7 heteroatoms. The Morgan fingerprint density at radius 3 is 2.65 bits per heavy atom. The standard InChI is InChI=1S/C24H21ClN4O2/c1-15-3-8-21-22(9-10-27-23(21)28-15)29-19-11-18(25)12-20(13-19)31-14-16-4-6-17(7-5-16)24(30)26-2/h3-13H,14H2,1-2H3,(H,26,30)(H,27,28,29). The molecule has 156 valence electrons. The topological polar surface area (TPSA) is 76.1 Å². The summed E-state index contributed by atoms with van der Waals surface area (Å²) in [6, 6.07) is 18.6. The number of carbonyl (C=O) groups excluding carboxylic acids is 1. The number of hydrogen-bond acceptors (Lipinski definition) is 5. The first-order valence-electron chi connectivity index (χ1n) is 9.75. The molecule has 0 unspecified atom stereocenters. The van der Waals surface area contributed by atoms with Crippen molar-refractivity contribution in [2.24, 2.45) is 0 Å². The highest BCUT2D eigenvalue weighted by Gasteiger charge is 2.07. The molecule has 2 aromatic heterocycles. The molecule has 0 saturated heterocycles. The Bertz CT molecular complexity index is 1240. The van der Waals surface area contributed by atoms with Gasteiger partial charge in [-0.1, -0.05) is 23.7 Å². The van der Waals surface area contributed by atoms with Gasteiger partial charge in [0.25, 0.3) is 5.91 Å². The van der Waals surface area contributed by atoms with Crippen LogP contribution < -0.4 is 15.4 Å². The summed E-state index contributed by atoms with van der Waals surface area (Å²) in [7, 11) is 1.61. The van der Waals surface area contributed by atoms with E-state index in [9.17, 15) is 4.79 Å². The van der Waals surface area contributed by atoms with Crippen LogP contribution in [0.4, 0.5) is 11.4 Å². The molecule has 1 amide bonds. The van der Waals surface area contributed by atoms with E-state index >= 15 is 0 Å². The SMILES string of the molecule is CNC(=O)c1ccc(COc2cc(Cl)cc(Nc3ccnc4nc(C)ccc34)c2)cc1. The average Bonchev–Trinajstić information content (AvgIpc) is 2.77. The molecule has 0 saturated carbocycles. The zero-order valence-corrected chi connectivity index (χ0v) is 17.9. The van der Waals surface area contributed by atoms with Gasteiger partial charge in [-0.3, -0.25) is 4.79 Å². The second-order valence-corrected chi connectivity index (χ2v) is 7.48. The first-order chi connectivity index (χ1) is 15.0. The molecule has 2 aromatic carbocycles. The molecule has 31 heavy (non-hydrogen) atoms. The molecule has 0 fully saturated rings. The number of hydrogen-bond donors (Lipinski definition) is 2. The lowest BCUT2D eigenvalue weighted by Crippen LogP contribution is -2.17. The van der Waals surface area contributed by atoms with E-state index in [2.05, 4.69) is 20.6 Å². The fourth-order valence-electron chi connectivity index (χ4n) is 3.17. The third kappa shape index (κ3) is 4.92. The maximum atomic E-state index is 11.7. The van der Waals surface area contributed by atoms with Crippen molar-refractivity contribution in [2.75, 3.05) is 12.4 Å². The van der Waals surface area contributed by atoms with E-state index in [1.807, 2.05) is 49.4 Å². The number of carbonyl (C=O) groups is 1. The molecule has 6 nitrogen and oxygen atoms in total. The number of aromatic nitrogens is 2. The van der Waals surface area contributed by atoms with Crippen molar-refractivity contribution in [3.8, 4) is 5.75 Å². The summed E-state index contributed by atoms with van der Waals surface area (Å²) in [6.45, 7) is 2.29. The van der Waals surface area contributed by atoms with E-state index in [0.29, 0.717) is 28.6 Å². The van der Waals surface area contributed by atoms with Crippen LogP contribution in [0.1, 0.15) is 21.6 Å². The molecule has 0 radical (unpaired) electrons. The van der Waals surface area contributed by atoms with Crippen LogP contribution in [0.2, 0.25) is 5.02 Å². The summed E-state index contributed by atoms with van der Waals surface area (Å²) >= 11 is 6.32. The number of nitrogens with one attached hydrogen (secondary N) is 2. The molecule has 2 heterocycles. The zero-order valence-electron chi connectivity index (χ0n) is 17.1. The third-order valence-electron chi connectivity index (χ3n) is 4.74. The molecular weight excluding hydrogens is 412 g/mol. The van der Waals surface area contributed by atoms with Crippen LogP contribution in [-0.2, 0) is 6.61 Å². The highest BCUT2D eigenvalue weighted by Crippen LogP contribution is 2.30. The minimum absolute atomic E-state index is 0.118. The summed E-state index contributed by atoms with van der Waals surface area (Å²) < 4.78 is 5.93. The van der Waals surface area contributed by atoms with Gasteiger partial charge in [0.2, 0.25) is 0 Å². The number of nitrogens with zero attached hydrogens (tertiary/aromatic N) is 2. The van der Waals surface area contributed by atoms with Gasteiger partial charge in [0.05, 0.1) is 5.69 Å². The minimum Gasteiger partial charge on any atom is -0.489 e. The van der Waals surface area contributed by atoms with Crippen molar-refractivity contribution in [1.29, 1.82) is 0 Å². The fourth-order valence-corrected chi connectivity index (χ4v) is 3.39. The number of fused-ring (bicyclic) bond motifs is 1. The van der Waals surface area contributed by atoms with E-state index < -0.39 is 0 Å². The Kier molecular flexibility index (Phi) is 6.00. The predicted molar refractivity (Wildman–Crippen MR) is 123 cm³/mol. The summed E-state index contributed by atoms with van der Waals surface area (Å²) in [4.78, 5) is 20.5. The molecular formula is C24H21ClN4O2. The monoisotopic (exact) mass is 432 g/mol. The van der Waals surface area contributed by atoms with Crippen LogP contribution in [0.15, 0.2) is 66.9 Å². The Hall–Kier alpha value is -3.64. The molecule has 0 spiro atoms. The van der Waals surface area contributed by atoms with Crippen LogP contribution in [0, 0.1) is 6.92 Å². The Morgan fingerprint density at radius 1 is 1.06 bits per heavy atom. The van der Waals surface area contributed by atoms with Crippen molar-refractivity contribution in [1.82, 2.24) is 15.3 Å². The van der Waals surface area contributed by atoms with Crippen molar-refractivity contribution >= 4 is 39.9 Å². The Labute approximate surface area is 185 Å². The highest BCUT2D eigenvalue weighted by atomic mass is 35.5. The van der Waals surface area contributed by atoms with Gasteiger partial charge in [-0.25, -0.2) is 9.97 Å². The highest BCUT2D eigenvalue weighted by molar-refractivity contribution is 6.31. The molecule has 0 aliphatic rings. The molecule has 0 bridgehead atoms. The lowest BCUT2D eigenvalue weighted by atomic mass is 10.1. The molecule has 2 N–H and O–H groups in total. The van der Waals surface area contributed by atoms with Gasteiger partial charge in [-0.15, -0.1) is 0 Å². The smallest absolute Gasteiger partial charge is 0.251 e. The molecule has 4 rings (SSSR count). The average molecular weight is 433 g/mol. The van der Waals surface area contributed by atoms with Crippen LogP contribution in [-0.4, -0.2) is 22.9 Å². The quantitative estimate of drug-likeness (QED) is 0.434. The lowest BCUT2D eigenvalue weighted by Gasteiger charge is -2.13. The van der Waals surface area contributed by atoms with Crippen molar-refractivity contribution in [3.63, 3.8) is 0 Å². The largest absolute Gasteiger partial charge is 0.489 e. The maximum Gasteiger partial charge on any atom is 0.251 e. The normalized spacial score (nSPS) is 10.7. The molecule has 0 atom stereocenters. The van der Waals surface area contributed by atoms with Crippen molar-refractivity contribution in [3.05, 3.63) is 88.7 Å². The van der Waals surface area contributed by atoms with Gasteiger partial charge in [0.1, 0.15) is 12.4 Å². The second kappa shape index (κ2) is 9.02. The van der Waals surface area contributed by atoms with Crippen molar-refractivity contribution in [2.45, 2.75) is 13.5 Å². The second-order valence-electron chi connectivity index (χ2n) is 7.05. The zero-order chi connectivity index (χ0) is 21.8. The number of anilines is 2. The summed E-state index contributed by atoms with van der Waals surface area (Å²) in [6.07, 6.45) is 1.72. The van der Waals surface area contributed by atoms with E-state index in [1.165, 1.54) is 0 Å². The maximum absolute atomic E-state index is 11.7. The van der Waals surface area contributed by atoms with E-state index in [0.717, 1.165) is 28.0 Å². The number of amides is 1. The molecule has 4 aromatic rings. The van der Waals surface area contributed by atoms with E-state index in [1.54, 1.807) is 31.4 Å². The number of ether oxygens (including phenoxy) is 1. The van der Waals surface area contributed by atoms with Gasteiger partial charge in [0, 0.05) is 46.7 Å². The van der Waals surface area contributed by atoms with Crippen molar-refractivity contribution < 1.29 is 9.53 Å².